The van der Waals surface area contributed by atoms with Crippen LogP contribution in [0.1, 0.15) is 25.5 Å². The van der Waals surface area contributed by atoms with Gasteiger partial charge in [-0.1, -0.05) is 19.1 Å². The first kappa shape index (κ1) is 11.8. The molecule has 1 aliphatic rings. The summed E-state index contributed by atoms with van der Waals surface area (Å²) < 4.78 is 4.72. The largest absolute Gasteiger partial charge is 0.511 e. The molecule has 3 rings (SSSR count). The fourth-order valence-corrected chi connectivity index (χ4v) is 2.26. The topological polar surface area (TPSA) is 79.4 Å². The summed E-state index contributed by atoms with van der Waals surface area (Å²) in [6.07, 6.45) is 0.361. The van der Waals surface area contributed by atoms with Gasteiger partial charge < -0.3 is 14.8 Å². The second kappa shape index (κ2) is 3.85. The summed E-state index contributed by atoms with van der Waals surface area (Å²) in [7, 11) is 0. The smallest absolute Gasteiger partial charge is 0.449 e. The van der Waals surface area contributed by atoms with Crippen LogP contribution in [0.15, 0.2) is 29.1 Å². The summed E-state index contributed by atoms with van der Waals surface area (Å²) in [6.45, 7) is 1.99. The first-order chi connectivity index (χ1) is 9.01. The maximum Gasteiger partial charge on any atom is 0.511 e. The summed E-state index contributed by atoms with van der Waals surface area (Å²) in [5.74, 6) is -0.0915. The molecule has 1 saturated carbocycles. The summed E-state index contributed by atoms with van der Waals surface area (Å²) in [4.78, 5) is 26.3. The van der Waals surface area contributed by atoms with E-state index in [1.807, 2.05) is 13.0 Å². The van der Waals surface area contributed by atoms with E-state index in [9.17, 15) is 9.59 Å². The van der Waals surface area contributed by atoms with Gasteiger partial charge in [0, 0.05) is 16.3 Å². The molecular formula is C14H13NO4. The molecule has 1 heterocycles. The molecule has 0 unspecified atom stereocenters. The molecular weight excluding hydrogens is 246 g/mol. The predicted molar refractivity (Wildman–Crippen MR) is 69.8 cm³/mol. The Hall–Kier alpha value is -2.30. The van der Waals surface area contributed by atoms with Crippen LogP contribution in [0, 0.1) is 0 Å². The second-order valence-corrected chi connectivity index (χ2v) is 5.13. The van der Waals surface area contributed by atoms with Crippen LogP contribution in [0.5, 0.6) is 5.75 Å². The van der Waals surface area contributed by atoms with E-state index in [1.165, 1.54) is 0 Å². The number of hydrogen-bond donors (Lipinski definition) is 2. The Morgan fingerprint density at radius 2 is 2.05 bits per heavy atom. The lowest BCUT2D eigenvalue weighted by Crippen LogP contribution is -2.19. The number of aromatic amines is 1. The van der Waals surface area contributed by atoms with E-state index in [-0.39, 0.29) is 16.6 Å². The molecule has 2 N–H and O–H groups in total. The summed E-state index contributed by atoms with van der Waals surface area (Å²) in [6, 6.07) is 7.02. The van der Waals surface area contributed by atoms with Gasteiger partial charge in [0.15, 0.2) is 0 Å². The van der Waals surface area contributed by atoms with E-state index in [0.29, 0.717) is 16.6 Å². The van der Waals surface area contributed by atoms with Crippen LogP contribution in [-0.4, -0.2) is 16.2 Å². The van der Waals surface area contributed by atoms with Crippen LogP contribution in [0.3, 0.4) is 0 Å². The highest BCUT2D eigenvalue weighted by atomic mass is 16.7. The van der Waals surface area contributed by atoms with Crippen molar-refractivity contribution < 1.29 is 14.6 Å². The van der Waals surface area contributed by atoms with E-state index in [2.05, 4.69) is 4.98 Å². The Kier molecular flexibility index (Phi) is 2.38. The zero-order valence-electron chi connectivity index (χ0n) is 10.4. The van der Waals surface area contributed by atoms with Gasteiger partial charge >= 0.3 is 6.16 Å². The number of rotatable bonds is 2. The fourth-order valence-electron chi connectivity index (χ4n) is 2.26. The normalized spacial score (nSPS) is 16.3. The van der Waals surface area contributed by atoms with Crippen molar-refractivity contribution in [1.82, 2.24) is 4.98 Å². The number of benzene rings is 1. The minimum absolute atomic E-state index is 0.0915. The molecule has 98 valence electrons. The zero-order chi connectivity index (χ0) is 13.6. The number of fused-ring (bicyclic) bond motifs is 1. The molecule has 1 aromatic heterocycles. The second-order valence-electron chi connectivity index (χ2n) is 5.13. The molecule has 2 aromatic rings. The summed E-state index contributed by atoms with van der Waals surface area (Å²) in [5.41, 5.74) is 0.723. The van der Waals surface area contributed by atoms with Gasteiger partial charge in [-0.05, 0) is 25.0 Å². The van der Waals surface area contributed by atoms with Crippen LogP contribution >= 0.6 is 0 Å². The Morgan fingerprint density at radius 1 is 1.37 bits per heavy atom. The van der Waals surface area contributed by atoms with Crippen molar-refractivity contribution in [3.8, 4) is 5.75 Å². The van der Waals surface area contributed by atoms with E-state index in [4.69, 9.17) is 9.84 Å². The monoisotopic (exact) mass is 259 g/mol. The number of para-hydroxylation sites is 1. The number of ether oxygens (including phenoxy) is 1. The molecule has 5 heteroatoms. The third-order valence-electron chi connectivity index (χ3n) is 3.66. The van der Waals surface area contributed by atoms with Gasteiger partial charge in [-0.3, -0.25) is 4.79 Å². The van der Waals surface area contributed by atoms with Gasteiger partial charge in [0.25, 0.3) is 0 Å². The molecule has 0 amide bonds. The maximum atomic E-state index is 12.4. The van der Waals surface area contributed by atoms with Crippen LogP contribution in [-0.2, 0) is 5.41 Å². The van der Waals surface area contributed by atoms with Gasteiger partial charge in [0.05, 0.1) is 5.69 Å². The highest BCUT2D eigenvalue weighted by Crippen LogP contribution is 2.49. The number of H-pyrrole nitrogens is 1. The van der Waals surface area contributed by atoms with Crippen molar-refractivity contribution in [3.05, 3.63) is 40.2 Å². The molecule has 0 spiro atoms. The molecule has 0 atom stereocenters. The average Bonchev–Trinajstić information content (AvgIpc) is 3.11. The van der Waals surface area contributed by atoms with Crippen molar-refractivity contribution in [2.75, 3.05) is 0 Å². The third kappa shape index (κ3) is 1.87. The van der Waals surface area contributed by atoms with E-state index in [0.717, 1.165) is 12.8 Å². The molecule has 1 aromatic carbocycles. The van der Waals surface area contributed by atoms with Crippen LogP contribution in [0.2, 0.25) is 0 Å². The van der Waals surface area contributed by atoms with Crippen LogP contribution in [0.4, 0.5) is 4.79 Å². The van der Waals surface area contributed by atoms with E-state index >= 15 is 0 Å². The van der Waals surface area contributed by atoms with Crippen molar-refractivity contribution in [2.45, 2.75) is 25.2 Å². The van der Waals surface area contributed by atoms with Gasteiger partial charge in [0.2, 0.25) is 11.2 Å². The molecule has 0 saturated heterocycles. The minimum atomic E-state index is -1.47. The number of carboxylic acid groups (broad SMARTS) is 1. The minimum Gasteiger partial charge on any atom is -0.449 e. The Balaban J connectivity index is 2.32. The molecule has 1 fully saturated rings. The first-order valence-electron chi connectivity index (χ1n) is 6.07. The molecule has 1 aliphatic carbocycles. The quantitative estimate of drug-likeness (QED) is 0.812. The average molecular weight is 259 g/mol. The number of nitrogens with one attached hydrogen (secondary N) is 1. The Labute approximate surface area is 108 Å². The molecule has 0 bridgehead atoms. The highest BCUT2D eigenvalue weighted by Gasteiger charge is 2.43. The van der Waals surface area contributed by atoms with Gasteiger partial charge in [-0.15, -0.1) is 0 Å². The lowest BCUT2D eigenvalue weighted by Gasteiger charge is -2.14. The third-order valence-corrected chi connectivity index (χ3v) is 3.66. The summed E-state index contributed by atoms with van der Waals surface area (Å²) in [5, 5.41) is 9.24. The zero-order valence-corrected chi connectivity index (χ0v) is 10.4. The highest BCUT2D eigenvalue weighted by molar-refractivity contribution is 5.81. The molecule has 19 heavy (non-hydrogen) atoms. The molecule has 5 nitrogen and oxygen atoms in total. The van der Waals surface area contributed by atoms with Crippen molar-refractivity contribution in [3.63, 3.8) is 0 Å². The van der Waals surface area contributed by atoms with E-state index in [1.54, 1.807) is 18.2 Å². The molecule has 0 radical (unpaired) electrons. The van der Waals surface area contributed by atoms with E-state index < -0.39 is 6.16 Å². The van der Waals surface area contributed by atoms with Crippen molar-refractivity contribution in [2.24, 2.45) is 0 Å². The van der Waals surface area contributed by atoms with Gasteiger partial charge in [-0.2, -0.15) is 0 Å². The molecule has 0 aliphatic heterocycles. The lowest BCUT2D eigenvalue weighted by molar-refractivity contribution is 0.143. The van der Waals surface area contributed by atoms with Crippen LogP contribution in [0.25, 0.3) is 10.9 Å². The van der Waals surface area contributed by atoms with Crippen LogP contribution < -0.4 is 10.2 Å². The Morgan fingerprint density at radius 3 is 2.68 bits per heavy atom. The number of carbonyl (C=O) groups is 1. The van der Waals surface area contributed by atoms with Crippen molar-refractivity contribution in [1.29, 1.82) is 0 Å². The van der Waals surface area contributed by atoms with Crippen molar-refractivity contribution >= 4 is 17.1 Å². The number of pyridine rings is 1. The number of hydrogen-bond acceptors (Lipinski definition) is 3. The fraction of sp³-hybridized carbons (Fsp3) is 0.286. The van der Waals surface area contributed by atoms with Gasteiger partial charge in [0.1, 0.15) is 0 Å². The number of aromatic nitrogens is 1. The SMILES string of the molecule is CC1(c2[nH]c3ccccc3c(=O)c2OC(=O)O)CC1. The lowest BCUT2D eigenvalue weighted by atomic mass is 10.0. The standard InChI is InChI=1S/C14H13NO4/c1-14(6-7-14)12-11(19-13(17)18)10(16)8-4-2-3-5-9(8)15-12/h2-5H,6-7H2,1H3,(H,15,16)(H,17,18). The first-order valence-corrected chi connectivity index (χ1v) is 6.07. The maximum absolute atomic E-state index is 12.4. The van der Waals surface area contributed by atoms with Gasteiger partial charge in [-0.25, -0.2) is 4.79 Å². The summed E-state index contributed by atoms with van der Waals surface area (Å²) >= 11 is 0. The predicted octanol–water partition coefficient (Wildman–Crippen LogP) is 2.64. The Bertz CT molecular complexity index is 728.